The highest BCUT2D eigenvalue weighted by molar-refractivity contribution is 7.89. The normalized spacial score (nSPS) is 17.0. The van der Waals surface area contributed by atoms with Crippen molar-refractivity contribution in [3.63, 3.8) is 0 Å². The molecule has 0 aliphatic carbocycles. The summed E-state index contributed by atoms with van der Waals surface area (Å²) in [7, 11) is -3.81. The molecular formula is C19H23FN4O6S2. The molecule has 10 nitrogen and oxygen atoms in total. The summed E-state index contributed by atoms with van der Waals surface area (Å²) < 4.78 is 45.1. The first-order chi connectivity index (χ1) is 15.3. The van der Waals surface area contributed by atoms with Gasteiger partial charge in [-0.25, -0.2) is 13.4 Å². The van der Waals surface area contributed by atoms with E-state index in [2.05, 4.69) is 15.5 Å². The average molecular weight is 487 g/mol. The minimum absolute atomic E-state index is 0.00316. The summed E-state index contributed by atoms with van der Waals surface area (Å²) in [6, 6.07) is 5.54. The number of amides is 1. The largest absolute Gasteiger partial charge is 0.395 e. The number of ether oxygens (including phenoxy) is 1. The Bertz CT molecular complexity index is 1050. The van der Waals surface area contributed by atoms with E-state index in [1.165, 1.54) is 24.3 Å². The van der Waals surface area contributed by atoms with E-state index in [-0.39, 0.29) is 41.5 Å². The number of carbonyl (C=O) groups excluding carboxylic acids is 1. The first-order valence-electron chi connectivity index (χ1n) is 9.80. The number of rotatable bonds is 10. The number of anilines is 1. The van der Waals surface area contributed by atoms with E-state index >= 15 is 0 Å². The van der Waals surface area contributed by atoms with Crippen LogP contribution in [0.3, 0.4) is 0 Å². The van der Waals surface area contributed by atoms with Gasteiger partial charge in [0.2, 0.25) is 10.0 Å². The van der Waals surface area contributed by atoms with Crippen LogP contribution in [-0.4, -0.2) is 73.4 Å². The van der Waals surface area contributed by atoms with E-state index in [1.807, 2.05) is 0 Å². The van der Waals surface area contributed by atoms with E-state index in [0.29, 0.717) is 36.5 Å². The van der Waals surface area contributed by atoms with Gasteiger partial charge in [-0.1, -0.05) is 35.5 Å². The predicted molar refractivity (Wildman–Crippen MR) is 116 cm³/mol. The second-order valence-electron chi connectivity index (χ2n) is 6.70. The van der Waals surface area contributed by atoms with Crippen LogP contribution in [0.1, 0.15) is 18.9 Å². The van der Waals surface area contributed by atoms with E-state index in [4.69, 9.17) is 14.7 Å². The molecular weight excluding hydrogens is 463 g/mol. The third-order valence-corrected chi connectivity index (χ3v) is 7.25. The zero-order chi connectivity index (χ0) is 23.1. The number of nitrogens with zero attached hydrogens (tertiary/aromatic N) is 3. The van der Waals surface area contributed by atoms with Gasteiger partial charge >= 0.3 is 0 Å². The molecule has 174 valence electrons. The zero-order valence-electron chi connectivity index (χ0n) is 17.2. The summed E-state index contributed by atoms with van der Waals surface area (Å²) in [5.41, 5.74) is 0.168. The Kier molecular flexibility index (Phi) is 8.26. The third-order valence-electron chi connectivity index (χ3n) is 4.56. The lowest BCUT2D eigenvalue weighted by Crippen LogP contribution is -2.33. The summed E-state index contributed by atoms with van der Waals surface area (Å²) in [4.78, 5) is 22.0. The van der Waals surface area contributed by atoms with Crippen LogP contribution in [0.4, 0.5) is 9.52 Å². The number of hydrogen-bond donors (Lipinski definition) is 2. The lowest BCUT2D eigenvalue weighted by atomic mass is 10.1. The van der Waals surface area contributed by atoms with Gasteiger partial charge in [0.05, 0.1) is 30.9 Å². The highest BCUT2D eigenvalue weighted by Gasteiger charge is 2.24. The van der Waals surface area contributed by atoms with Crippen LogP contribution >= 0.6 is 11.3 Å². The maximum absolute atomic E-state index is 13.2. The number of aliphatic hydroxyl groups excluding tert-OH is 1. The number of oxime groups is 1. The number of halogens is 1. The molecule has 0 saturated carbocycles. The summed E-state index contributed by atoms with van der Waals surface area (Å²) in [6.45, 7) is 2.39. The number of carbonyl (C=O) groups is 1. The third kappa shape index (κ3) is 5.86. The molecule has 0 spiro atoms. The van der Waals surface area contributed by atoms with Crippen LogP contribution in [0.25, 0.3) is 0 Å². The van der Waals surface area contributed by atoms with Gasteiger partial charge in [0.25, 0.3) is 5.91 Å². The predicted octanol–water partition coefficient (Wildman–Crippen LogP) is 1.43. The minimum atomic E-state index is -3.81. The molecule has 2 heterocycles. The Hall–Kier alpha value is -2.45. The van der Waals surface area contributed by atoms with Gasteiger partial charge in [-0.05, 0) is 12.1 Å². The molecule has 1 amide bonds. The van der Waals surface area contributed by atoms with Gasteiger partial charge in [0, 0.05) is 25.1 Å². The maximum atomic E-state index is 13.2. The number of aliphatic hydroxyl groups is 1. The minimum Gasteiger partial charge on any atom is -0.395 e. The van der Waals surface area contributed by atoms with Crippen molar-refractivity contribution in [3.05, 3.63) is 41.2 Å². The van der Waals surface area contributed by atoms with Crippen molar-refractivity contribution in [3.8, 4) is 0 Å². The van der Waals surface area contributed by atoms with Crippen LogP contribution in [0.15, 0.2) is 40.5 Å². The molecule has 3 rings (SSSR count). The van der Waals surface area contributed by atoms with Crippen molar-refractivity contribution in [1.82, 2.24) is 9.29 Å². The van der Waals surface area contributed by atoms with Gasteiger partial charge in [0.15, 0.2) is 22.1 Å². The molecule has 1 aliphatic rings. The Morgan fingerprint density at radius 3 is 2.75 bits per heavy atom. The van der Waals surface area contributed by atoms with Crippen molar-refractivity contribution >= 4 is 38.1 Å². The van der Waals surface area contributed by atoms with E-state index in [1.54, 1.807) is 6.92 Å². The Balaban J connectivity index is 1.86. The van der Waals surface area contributed by atoms with Gasteiger partial charge < -0.3 is 14.7 Å². The van der Waals surface area contributed by atoms with Crippen molar-refractivity contribution in [2.45, 2.75) is 24.3 Å². The fourth-order valence-corrected chi connectivity index (χ4v) is 4.89. The zero-order valence-corrected chi connectivity index (χ0v) is 18.9. The Labute approximate surface area is 188 Å². The molecule has 1 fully saturated rings. The summed E-state index contributed by atoms with van der Waals surface area (Å²) >= 11 is 0.657. The van der Waals surface area contributed by atoms with Crippen molar-refractivity contribution < 1.29 is 32.3 Å². The quantitative estimate of drug-likeness (QED) is 0.384. The Morgan fingerprint density at radius 1 is 1.44 bits per heavy atom. The number of thiazole rings is 1. The van der Waals surface area contributed by atoms with Crippen LogP contribution < -0.4 is 5.32 Å². The number of benzene rings is 1. The molecule has 1 aliphatic heterocycles. The monoisotopic (exact) mass is 486 g/mol. The summed E-state index contributed by atoms with van der Waals surface area (Å²) in [5.74, 6) is -0.690. The highest BCUT2D eigenvalue weighted by Crippen LogP contribution is 2.19. The van der Waals surface area contributed by atoms with Crippen molar-refractivity contribution in [1.29, 1.82) is 0 Å². The number of sulfonamides is 1. The maximum Gasteiger partial charge on any atom is 0.280 e. The van der Waals surface area contributed by atoms with Gasteiger partial charge in [-0.3, -0.25) is 10.1 Å². The topological polar surface area (TPSA) is 130 Å². The fraction of sp³-hybridized carbons (Fsp3) is 0.421. The smallest absolute Gasteiger partial charge is 0.280 e. The molecule has 1 atom stereocenters. The molecule has 0 radical (unpaired) electrons. The van der Waals surface area contributed by atoms with Crippen LogP contribution in [0.2, 0.25) is 0 Å². The molecule has 0 unspecified atom stereocenters. The number of aromatic nitrogens is 1. The van der Waals surface area contributed by atoms with Crippen molar-refractivity contribution in [2.75, 3.05) is 38.2 Å². The van der Waals surface area contributed by atoms with E-state index < -0.39 is 21.1 Å². The van der Waals surface area contributed by atoms with Crippen LogP contribution in [0.5, 0.6) is 0 Å². The molecule has 1 aromatic heterocycles. The summed E-state index contributed by atoms with van der Waals surface area (Å²) in [6.07, 6.45) is 1.28. The molecule has 0 bridgehead atoms. The van der Waals surface area contributed by atoms with Gasteiger partial charge in [-0.2, -0.15) is 8.70 Å². The van der Waals surface area contributed by atoms with Crippen LogP contribution in [-0.2, 0) is 24.4 Å². The molecule has 2 aromatic rings. The van der Waals surface area contributed by atoms with E-state index in [0.717, 1.165) is 10.5 Å². The molecule has 13 heteroatoms. The average Bonchev–Trinajstić information content (AvgIpc) is 3.44. The first-order valence-corrected chi connectivity index (χ1v) is 12.1. The number of likely N-dealkylation sites (N-methyl/N-ethyl adjacent to an activating group) is 1. The lowest BCUT2D eigenvalue weighted by molar-refractivity contribution is -0.110. The second-order valence-corrected chi connectivity index (χ2v) is 9.62. The standard InChI is InChI=1S/C19H23FN4O6S2/c1-2-24(8-9-25)32(27,28)15-5-3-13(4-6-15)17(23-30-14-7-10-29-12-14)18(26)22-19-21-11-16(20)31-19/h3-6,11,14,25H,2,7-10,12H2,1H3,(H,21,22,26)/b23-17+/t14-/m1/s1. The lowest BCUT2D eigenvalue weighted by Gasteiger charge is -2.19. The molecule has 32 heavy (non-hydrogen) atoms. The summed E-state index contributed by atoms with van der Waals surface area (Å²) in [5, 5.41) is 15.0. The van der Waals surface area contributed by atoms with Gasteiger partial charge in [0.1, 0.15) is 0 Å². The Morgan fingerprint density at radius 2 is 2.19 bits per heavy atom. The van der Waals surface area contributed by atoms with Crippen molar-refractivity contribution in [2.24, 2.45) is 5.16 Å². The second kappa shape index (κ2) is 10.9. The molecule has 1 aromatic carbocycles. The van der Waals surface area contributed by atoms with Crippen LogP contribution in [0, 0.1) is 5.13 Å². The molecule has 1 saturated heterocycles. The SMILES string of the molecule is CCN(CCO)S(=O)(=O)c1ccc(/C(=N\O[C@@H]2CCOC2)C(=O)Nc2ncc(F)s2)cc1. The first kappa shape index (κ1) is 24.2. The highest BCUT2D eigenvalue weighted by atomic mass is 32.2. The fourth-order valence-electron chi connectivity index (χ4n) is 2.91. The van der Waals surface area contributed by atoms with E-state index in [9.17, 15) is 17.6 Å². The molecule has 2 N–H and O–H groups in total. The number of nitrogens with one attached hydrogen (secondary N) is 1. The van der Waals surface area contributed by atoms with Gasteiger partial charge in [-0.15, -0.1) is 0 Å². The number of hydrogen-bond acceptors (Lipinski definition) is 9.